The molecule has 3 heterocycles. The van der Waals surface area contributed by atoms with Gasteiger partial charge in [-0.3, -0.25) is 4.79 Å². The molecule has 1 aromatic carbocycles. The van der Waals surface area contributed by atoms with E-state index in [1.54, 1.807) is 21.5 Å². The molecular weight excluding hydrogens is 368 g/mol. The normalized spacial score (nSPS) is 11.5. The second-order valence-corrected chi connectivity index (χ2v) is 6.90. The smallest absolute Gasteiger partial charge is 0.261 e. The van der Waals surface area contributed by atoms with Crippen LogP contribution in [0.3, 0.4) is 0 Å². The number of benzene rings is 1. The van der Waals surface area contributed by atoms with E-state index in [-0.39, 0.29) is 5.56 Å². The Morgan fingerprint density at radius 3 is 2.65 bits per heavy atom. The standard InChI is InChI=1S/C19H17ClN4OS/c1-2-15-17(12-3-5-13(20)6-4-12)18-21-11-14-16(24(18)22-15)7-8-23(9-10-26)19(14)25/h3-8,11,26H,2,9-10H2,1H3. The van der Waals surface area contributed by atoms with Crippen LogP contribution in [0.2, 0.25) is 5.02 Å². The molecule has 0 unspecified atom stereocenters. The van der Waals surface area contributed by atoms with Crippen molar-refractivity contribution in [1.82, 2.24) is 19.2 Å². The highest BCUT2D eigenvalue weighted by Gasteiger charge is 2.17. The van der Waals surface area contributed by atoms with Crippen LogP contribution in [0.5, 0.6) is 0 Å². The molecule has 0 saturated carbocycles. The minimum absolute atomic E-state index is 0.0764. The number of pyridine rings is 1. The summed E-state index contributed by atoms with van der Waals surface area (Å²) in [5.41, 5.74) is 4.34. The van der Waals surface area contributed by atoms with Crippen molar-refractivity contribution in [2.24, 2.45) is 0 Å². The van der Waals surface area contributed by atoms with Crippen LogP contribution in [0.25, 0.3) is 27.7 Å². The lowest BCUT2D eigenvalue weighted by molar-refractivity contribution is 0.742. The van der Waals surface area contributed by atoms with E-state index in [0.717, 1.165) is 34.4 Å². The lowest BCUT2D eigenvalue weighted by Crippen LogP contribution is -2.21. The Labute approximate surface area is 160 Å². The molecule has 132 valence electrons. The molecule has 0 bridgehead atoms. The van der Waals surface area contributed by atoms with E-state index in [1.165, 1.54) is 0 Å². The Morgan fingerprint density at radius 2 is 1.96 bits per heavy atom. The van der Waals surface area contributed by atoms with E-state index in [0.29, 0.717) is 22.7 Å². The van der Waals surface area contributed by atoms with Gasteiger partial charge in [-0.15, -0.1) is 0 Å². The number of hydrogen-bond donors (Lipinski definition) is 1. The second-order valence-electron chi connectivity index (χ2n) is 6.01. The van der Waals surface area contributed by atoms with E-state index in [2.05, 4.69) is 24.5 Å². The van der Waals surface area contributed by atoms with Crippen molar-refractivity contribution < 1.29 is 0 Å². The lowest BCUT2D eigenvalue weighted by Gasteiger charge is -2.06. The largest absolute Gasteiger partial charge is 0.314 e. The van der Waals surface area contributed by atoms with E-state index in [9.17, 15) is 4.79 Å². The fourth-order valence-electron chi connectivity index (χ4n) is 3.20. The van der Waals surface area contributed by atoms with Gasteiger partial charge in [-0.1, -0.05) is 30.7 Å². The zero-order valence-corrected chi connectivity index (χ0v) is 15.8. The molecule has 0 amide bonds. The molecule has 0 aliphatic carbocycles. The van der Waals surface area contributed by atoms with Gasteiger partial charge in [0.1, 0.15) is 0 Å². The van der Waals surface area contributed by atoms with E-state index in [1.807, 2.05) is 30.3 Å². The highest BCUT2D eigenvalue weighted by atomic mass is 35.5. The number of nitrogens with zero attached hydrogens (tertiary/aromatic N) is 4. The Hall–Kier alpha value is -2.31. The molecule has 0 spiro atoms. The van der Waals surface area contributed by atoms with Crippen LogP contribution >= 0.6 is 24.2 Å². The van der Waals surface area contributed by atoms with Crippen molar-refractivity contribution in [3.63, 3.8) is 0 Å². The zero-order valence-electron chi connectivity index (χ0n) is 14.2. The Kier molecular flexibility index (Phi) is 4.46. The zero-order chi connectivity index (χ0) is 18.3. The molecule has 0 saturated heterocycles. The molecule has 0 N–H and O–H groups in total. The van der Waals surface area contributed by atoms with Gasteiger partial charge in [-0.2, -0.15) is 17.7 Å². The molecule has 5 nitrogen and oxygen atoms in total. The molecule has 0 atom stereocenters. The third kappa shape index (κ3) is 2.70. The van der Waals surface area contributed by atoms with Crippen LogP contribution in [-0.2, 0) is 13.0 Å². The number of halogens is 1. The summed E-state index contributed by atoms with van der Waals surface area (Å²) in [6.07, 6.45) is 4.19. The fraction of sp³-hybridized carbons (Fsp3) is 0.211. The van der Waals surface area contributed by atoms with Crippen molar-refractivity contribution in [2.45, 2.75) is 19.9 Å². The topological polar surface area (TPSA) is 52.2 Å². The monoisotopic (exact) mass is 384 g/mol. The lowest BCUT2D eigenvalue weighted by atomic mass is 10.0. The van der Waals surface area contributed by atoms with Crippen LogP contribution in [-0.4, -0.2) is 24.9 Å². The third-order valence-electron chi connectivity index (χ3n) is 4.47. The van der Waals surface area contributed by atoms with Gasteiger partial charge in [-0.25, -0.2) is 9.50 Å². The fourth-order valence-corrected chi connectivity index (χ4v) is 3.54. The van der Waals surface area contributed by atoms with E-state index >= 15 is 0 Å². The van der Waals surface area contributed by atoms with Gasteiger partial charge < -0.3 is 4.57 Å². The van der Waals surface area contributed by atoms with Crippen LogP contribution in [0.15, 0.2) is 47.5 Å². The van der Waals surface area contributed by atoms with Gasteiger partial charge in [-0.05, 0) is 30.2 Å². The number of fused-ring (bicyclic) bond motifs is 3. The summed E-state index contributed by atoms with van der Waals surface area (Å²) in [7, 11) is 0. The molecule has 0 fully saturated rings. The summed E-state index contributed by atoms with van der Waals surface area (Å²) >= 11 is 10.2. The summed E-state index contributed by atoms with van der Waals surface area (Å²) in [5, 5.41) is 5.97. The summed E-state index contributed by atoms with van der Waals surface area (Å²) in [4.78, 5) is 17.2. The first-order chi connectivity index (χ1) is 12.6. The number of hydrogen-bond acceptors (Lipinski definition) is 4. The maximum atomic E-state index is 12.7. The highest BCUT2D eigenvalue weighted by molar-refractivity contribution is 7.80. The molecule has 0 aliphatic heterocycles. The van der Waals surface area contributed by atoms with E-state index < -0.39 is 0 Å². The summed E-state index contributed by atoms with van der Waals surface area (Å²) in [6.45, 7) is 2.62. The van der Waals surface area contributed by atoms with Crippen LogP contribution in [0.4, 0.5) is 0 Å². The summed E-state index contributed by atoms with van der Waals surface area (Å²) in [5.74, 6) is 0.601. The number of aryl methyl sites for hydroxylation is 2. The average molecular weight is 385 g/mol. The maximum absolute atomic E-state index is 12.7. The van der Waals surface area contributed by atoms with Crippen LogP contribution < -0.4 is 5.56 Å². The molecule has 0 radical (unpaired) electrons. The minimum atomic E-state index is -0.0764. The predicted molar refractivity (Wildman–Crippen MR) is 108 cm³/mol. The molecule has 4 aromatic rings. The molecule has 7 heteroatoms. The van der Waals surface area contributed by atoms with E-state index in [4.69, 9.17) is 16.7 Å². The first kappa shape index (κ1) is 17.1. The van der Waals surface area contributed by atoms with Gasteiger partial charge in [0.15, 0.2) is 5.65 Å². The SMILES string of the molecule is CCc1nn2c(ncc3c(=O)n(CCS)ccc32)c1-c1ccc(Cl)cc1. The first-order valence-electron chi connectivity index (χ1n) is 8.40. The van der Waals surface area contributed by atoms with Crippen molar-refractivity contribution in [3.05, 3.63) is 63.8 Å². The van der Waals surface area contributed by atoms with Crippen molar-refractivity contribution >= 4 is 40.8 Å². The summed E-state index contributed by atoms with van der Waals surface area (Å²) in [6, 6.07) is 9.56. The Balaban J connectivity index is 2.03. The van der Waals surface area contributed by atoms with Gasteiger partial charge >= 0.3 is 0 Å². The molecule has 26 heavy (non-hydrogen) atoms. The quantitative estimate of drug-likeness (QED) is 0.543. The number of thiol groups is 1. The number of rotatable bonds is 4. The molecular formula is C19H17ClN4OS. The minimum Gasteiger partial charge on any atom is -0.314 e. The molecule has 4 rings (SSSR count). The van der Waals surface area contributed by atoms with Crippen LogP contribution in [0.1, 0.15) is 12.6 Å². The number of aromatic nitrogens is 4. The van der Waals surface area contributed by atoms with Gasteiger partial charge in [0.25, 0.3) is 5.56 Å². The Morgan fingerprint density at radius 1 is 1.19 bits per heavy atom. The molecule has 0 aliphatic rings. The third-order valence-corrected chi connectivity index (χ3v) is 4.92. The second kappa shape index (κ2) is 6.78. The van der Waals surface area contributed by atoms with Crippen molar-refractivity contribution in [3.8, 4) is 11.1 Å². The molecule has 3 aromatic heterocycles. The highest BCUT2D eigenvalue weighted by Crippen LogP contribution is 2.30. The van der Waals surface area contributed by atoms with Crippen LogP contribution in [0, 0.1) is 0 Å². The van der Waals surface area contributed by atoms with Crippen molar-refractivity contribution in [1.29, 1.82) is 0 Å². The van der Waals surface area contributed by atoms with Gasteiger partial charge in [0.2, 0.25) is 0 Å². The van der Waals surface area contributed by atoms with Crippen molar-refractivity contribution in [2.75, 3.05) is 5.75 Å². The Bertz CT molecular complexity index is 1160. The average Bonchev–Trinajstić information content (AvgIpc) is 3.04. The first-order valence-corrected chi connectivity index (χ1v) is 9.41. The van der Waals surface area contributed by atoms with Gasteiger partial charge in [0, 0.05) is 35.3 Å². The maximum Gasteiger partial charge on any atom is 0.261 e. The predicted octanol–water partition coefficient (Wildman–Crippen LogP) is 3.86. The van der Waals surface area contributed by atoms with Gasteiger partial charge in [0.05, 0.1) is 16.6 Å². The summed E-state index contributed by atoms with van der Waals surface area (Å²) < 4.78 is 3.41.